The van der Waals surface area contributed by atoms with E-state index in [-0.39, 0.29) is 5.56 Å². The number of ether oxygens (including phenoxy) is 1. The maximum atomic E-state index is 12.6. The Labute approximate surface area is 118 Å². The van der Waals surface area contributed by atoms with E-state index in [1.54, 1.807) is 7.11 Å². The summed E-state index contributed by atoms with van der Waals surface area (Å²) < 4.78 is 6.95. The van der Waals surface area contributed by atoms with Crippen molar-refractivity contribution in [2.75, 3.05) is 20.3 Å². The van der Waals surface area contributed by atoms with Crippen molar-refractivity contribution in [3.63, 3.8) is 0 Å². The topological polar surface area (TPSA) is 43.3 Å². The van der Waals surface area contributed by atoms with Gasteiger partial charge >= 0.3 is 0 Å². The Bertz CT molecular complexity index is 676. The zero-order valence-electron chi connectivity index (χ0n) is 11.8. The van der Waals surface area contributed by atoms with Crippen molar-refractivity contribution in [2.24, 2.45) is 0 Å². The minimum Gasteiger partial charge on any atom is -0.383 e. The second kappa shape index (κ2) is 5.77. The first-order valence-corrected chi connectivity index (χ1v) is 7.15. The lowest BCUT2D eigenvalue weighted by molar-refractivity contribution is 0.199. The molecule has 4 heteroatoms. The molecular formula is C16H20N2O2. The molecule has 0 amide bonds. The zero-order chi connectivity index (χ0) is 13.9. The number of benzene rings is 1. The molecule has 20 heavy (non-hydrogen) atoms. The van der Waals surface area contributed by atoms with E-state index in [2.05, 4.69) is 23.5 Å². The second-order valence-corrected chi connectivity index (χ2v) is 5.25. The van der Waals surface area contributed by atoms with Crippen molar-refractivity contribution < 1.29 is 4.74 Å². The highest BCUT2D eigenvalue weighted by Crippen LogP contribution is 2.23. The van der Waals surface area contributed by atoms with Crippen molar-refractivity contribution >= 4 is 10.9 Å². The van der Waals surface area contributed by atoms with Gasteiger partial charge in [0.15, 0.2) is 0 Å². The van der Waals surface area contributed by atoms with Crippen molar-refractivity contribution in [3.05, 3.63) is 45.7 Å². The standard InChI is InChI=1S/C16H20N2O2/c1-20-9-7-17-11-14-10-13-5-2-4-12-6-3-8-18(15(12)13)16(14)19/h2,4-5,10,17H,3,6-9,11H2,1H3. The quantitative estimate of drug-likeness (QED) is 0.842. The molecule has 1 aromatic carbocycles. The number of nitrogens with one attached hydrogen (secondary N) is 1. The van der Waals surface area contributed by atoms with Crippen LogP contribution in [0.5, 0.6) is 0 Å². The lowest BCUT2D eigenvalue weighted by atomic mass is 10.00. The molecule has 2 aromatic rings. The van der Waals surface area contributed by atoms with E-state index in [1.165, 1.54) is 10.9 Å². The van der Waals surface area contributed by atoms with Crippen LogP contribution in [0.3, 0.4) is 0 Å². The number of para-hydroxylation sites is 1. The zero-order valence-corrected chi connectivity index (χ0v) is 11.8. The lowest BCUT2D eigenvalue weighted by Crippen LogP contribution is -2.30. The highest BCUT2D eigenvalue weighted by Gasteiger charge is 2.15. The molecule has 0 saturated carbocycles. The van der Waals surface area contributed by atoms with Gasteiger partial charge in [0.2, 0.25) is 0 Å². The third kappa shape index (κ3) is 2.37. The predicted molar refractivity (Wildman–Crippen MR) is 80.1 cm³/mol. The smallest absolute Gasteiger partial charge is 0.255 e. The molecule has 0 spiro atoms. The van der Waals surface area contributed by atoms with E-state index in [0.29, 0.717) is 13.2 Å². The summed E-state index contributed by atoms with van der Waals surface area (Å²) in [6.45, 7) is 2.85. The number of aryl methyl sites for hydroxylation is 2. The summed E-state index contributed by atoms with van der Waals surface area (Å²) in [5, 5.41) is 4.43. The van der Waals surface area contributed by atoms with Gasteiger partial charge in [0.05, 0.1) is 12.1 Å². The Kier molecular flexibility index (Phi) is 3.85. The largest absolute Gasteiger partial charge is 0.383 e. The number of methoxy groups -OCH3 is 1. The fourth-order valence-corrected chi connectivity index (χ4v) is 2.95. The Hall–Kier alpha value is -1.65. The number of rotatable bonds is 5. The van der Waals surface area contributed by atoms with Gasteiger partial charge in [-0.15, -0.1) is 0 Å². The van der Waals surface area contributed by atoms with Crippen LogP contribution in [0.4, 0.5) is 0 Å². The van der Waals surface area contributed by atoms with Gasteiger partial charge in [-0.05, 0) is 29.9 Å². The summed E-state index contributed by atoms with van der Waals surface area (Å²) in [7, 11) is 1.68. The monoisotopic (exact) mass is 272 g/mol. The molecule has 0 fully saturated rings. The predicted octanol–water partition coefficient (Wildman–Crippen LogP) is 1.68. The van der Waals surface area contributed by atoms with Gasteiger partial charge in [-0.2, -0.15) is 0 Å². The van der Waals surface area contributed by atoms with Crippen molar-refractivity contribution in [1.82, 2.24) is 9.88 Å². The fraction of sp³-hybridized carbons (Fsp3) is 0.438. The SMILES string of the molecule is COCCNCc1cc2cccc3c2n(c1=O)CCC3. The summed E-state index contributed by atoms with van der Waals surface area (Å²) in [5.41, 5.74) is 3.41. The van der Waals surface area contributed by atoms with Gasteiger partial charge in [-0.25, -0.2) is 0 Å². The molecule has 3 rings (SSSR count). The Balaban J connectivity index is 1.99. The first-order valence-electron chi connectivity index (χ1n) is 7.15. The van der Waals surface area contributed by atoms with Gasteiger partial charge in [0, 0.05) is 32.3 Å². The Morgan fingerprint density at radius 1 is 1.40 bits per heavy atom. The summed E-state index contributed by atoms with van der Waals surface area (Å²) in [5.74, 6) is 0. The molecular weight excluding hydrogens is 252 g/mol. The highest BCUT2D eigenvalue weighted by molar-refractivity contribution is 5.83. The number of hydrogen-bond donors (Lipinski definition) is 1. The summed E-state index contributed by atoms with van der Waals surface area (Å²) in [6, 6.07) is 8.34. The van der Waals surface area contributed by atoms with Crippen LogP contribution in [0, 0.1) is 0 Å². The molecule has 0 radical (unpaired) electrons. The minimum atomic E-state index is 0.148. The van der Waals surface area contributed by atoms with E-state index >= 15 is 0 Å². The van der Waals surface area contributed by atoms with Crippen LogP contribution in [0.15, 0.2) is 29.1 Å². The maximum absolute atomic E-state index is 12.6. The molecule has 106 valence electrons. The van der Waals surface area contributed by atoms with Crippen LogP contribution in [-0.2, 0) is 24.2 Å². The minimum absolute atomic E-state index is 0.148. The molecule has 1 N–H and O–H groups in total. The molecule has 1 aliphatic heterocycles. The molecule has 1 aromatic heterocycles. The van der Waals surface area contributed by atoms with Crippen LogP contribution in [-0.4, -0.2) is 24.8 Å². The molecule has 0 bridgehead atoms. The summed E-state index contributed by atoms with van der Waals surface area (Å²) in [4.78, 5) is 12.6. The number of hydrogen-bond acceptors (Lipinski definition) is 3. The summed E-state index contributed by atoms with van der Waals surface area (Å²) in [6.07, 6.45) is 2.12. The average Bonchev–Trinajstić information content (AvgIpc) is 2.48. The van der Waals surface area contributed by atoms with Crippen molar-refractivity contribution in [3.8, 4) is 0 Å². The molecule has 4 nitrogen and oxygen atoms in total. The molecule has 0 aliphatic carbocycles. The van der Waals surface area contributed by atoms with Gasteiger partial charge in [-0.3, -0.25) is 4.79 Å². The number of pyridine rings is 1. The van der Waals surface area contributed by atoms with Crippen LogP contribution in [0.2, 0.25) is 0 Å². The van der Waals surface area contributed by atoms with Crippen molar-refractivity contribution in [2.45, 2.75) is 25.9 Å². The third-order valence-corrected chi connectivity index (χ3v) is 3.90. The fourth-order valence-electron chi connectivity index (χ4n) is 2.95. The number of nitrogens with zero attached hydrogens (tertiary/aromatic N) is 1. The third-order valence-electron chi connectivity index (χ3n) is 3.90. The van der Waals surface area contributed by atoms with E-state index in [1.807, 2.05) is 10.6 Å². The molecule has 2 heterocycles. The van der Waals surface area contributed by atoms with Gasteiger partial charge in [-0.1, -0.05) is 18.2 Å². The van der Waals surface area contributed by atoms with Crippen LogP contribution in [0.25, 0.3) is 10.9 Å². The highest BCUT2D eigenvalue weighted by atomic mass is 16.5. The van der Waals surface area contributed by atoms with Crippen molar-refractivity contribution in [1.29, 1.82) is 0 Å². The Morgan fingerprint density at radius 3 is 3.15 bits per heavy atom. The normalized spacial score (nSPS) is 13.8. The van der Waals surface area contributed by atoms with E-state index in [9.17, 15) is 4.79 Å². The Morgan fingerprint density at radius 2 is 2.30 bits per heavy atom. The first kappa shape index (κ1) is 13.3. The molecule has 1 aliphatic rings. The lowest BCUT2D eigenvalue weighted by Gasteiger charge is -2.20. The summed E-state index contributed by atoms with van der Waals surface area (Å²) >= 11 is 0. The molecule has 0 unspecified atom stereocenters. The van der Waals surface area contributed by atoms with E-state index < -0.39 is 0 Å². The van der Waals surface area contributed by atoms with Crippen LogP contribution < -0.4 is 10.9 Å². The number of aromatic nitrogens is 1. The second-order valence-electron chi connectivity index (χ2n) is 5.25. The van der Waals surface area contributed by atoms with Gasteiger partial charge in [0.25, 0.3) is 5.56 Å². The van der Waals surface area contributed by atoms with Gasteiger partial charge in [0.1, 0.15) is 0 Å². The van der Waals surface area contributed by atoms with E-state index in [4.69, 9.17) is 4.74 Å². The van der Waals surface area contributed by atoms with Crippen LogP contribution >= 0.6 is 0 Å². The molecule has 0 atom stereocenters. The maximum Gasteiger partial charge on any atom is 0.255 e. The van der Waals surface area contributed by atoms with E-state index in [0.717, 1.165) is 37.0 Å². The van der Waals surface area contributed by atoms with Crippen LogP contribution in [0.1, 0.15) is 17.5 Å². The first-order chi connectivity index (χ1) is 9.81. The molecule has 0 saturated heterocycles. The average molecular weight is 272 g/mol. The van der Waals surface area contributed by atoms with Gasteiger partial charge < -0.3 is 14.6 Å².